The van der Waals surface area contributed by atoms with Crippen molar-refractivity contribution >= 4 is 37.5 Å². The van der Waals surface area contributed by atoms with Crippen LogP contribution in [0.5, 0.6) is 5.75 Å². The summed E-state index contributed by atoms with van der Waals surface area (Å²) in [7, 11) is -1.53. The fourth-order valence-electron chi connectivity index (χ4n) is 2.84. The largest absolute Gasteiger partial charge is 0.488 e. The molecule has 212 valence electrons. The van der Waals surface area contributed by atoms with Crippen LogP contribution in [0.1, 0.15) is 5.69 Å². The van der Waals surface area contributed by atoms with Crippen molar-refractivity contribution in [3.63, 3.8) is 0 Å². The van der Waals surface area contributed by atoms with E-state index in [1.807, 2.05) is 0 Å². The highest BCUT2D eigenvalue weighted by Crippen LogP contribution is 2.22. The van der Waals surface area contributed by atoms with Crippen LogP contribution in [0, 0.1) is 12.7 Å². The highest BCUT2D eigenvalue weighted by Gasteiger charge is 2.19. The second kappa shape index (κ2) is 13.8. The standard InChI is InChI=1S/C22H34FN7O6S2/c1-16-6-7-18(11-26-16)27-22(31)28-19-8-17(23)9-20(10-19)36-21(12-24-14-37(32,33)29(2)3)13-25-15-38(34,35)30(4)5/h6-11,21,24-25H,12-15H2,1-5H3,(H2,27,28,31). The molecular formula is C22H34FN7O6S2. The smallest absolute Gasteiger partial charge is 0.323 e. The molecule has 1 aromatic heterocycles. The molecule has 0 saturated heterocycles. The van der Waals surface area contributed by atoms with Crippen LogP contribution in [-0.2, 0) is 20.0 Å². The fraction of sp³-hybridized carbons (Fsp3) is 0.455. The second-order valence-corrected chi connectivity index (χ2v) is 13.0. The van der Waals surface area contributed by atoms with Gasteiger partial charge in [-0.15, -0.1) is 0 Å². The Morgan fingerprint density at radius 3 is 1.97 bits per heavy atom. The van der Waals surface area contributed by atoms with Crippen LogP contribution in [0.4, 0.5) is 20.6 Å². The molecule has 0 aliphatic rings. The zero-order valence-electron chi connectivity index (χ0n) is 21.9. The van der Waals surface area contributed by atoms with Gasteiger partial charge < -0.3 is 15.4 Å². The van der Waals surface area contributed by atoms with Crippen molar-refractivity contribution in [3.8, 4) is 5.75 Å². The highest BCUT2D eigenvalue weighted by molar-refractivity contribution is 7.89. The van der Waals surface area contributed by atoms with Gasteiger partial charge in [-0.2, -0.15) is 0 Å². The summed E-state index contributed by atoms with van der Waals surface area (Å²) in [5.74, 6) is -1.43. The van der Waals surface area contributed by atoms with E-state index >= 15 is 0 Å². The molecule has 13 nitrogen and oxygen atoms in total. The first-order valence-electron chi connectivity index (χ1n) is 11.4. The SMILES string of the molecule is Cc1ccc(NC(=O)Nc2cc(F)cc(OC(CNCS(=O)(=O)N(C)C)CNCS(=O)(=O)N(C)C)c2)cn1. The molecule has 0 unspecified atom stereocenters. The van der Waals surface area contributed by atoms with E-state index in [0.717, 1.165) is 26.4 Å². The number of nitrogens with one attached hydrogen (secondary N) is 4. The van der Waals surface area contributed by atoms with Crippen LogP contribution in [0.25, 0.3) is 0 Å². The maximum atomic E-state index is 14.3. The lowest BCUT2D eigenvalue weighted by Crippen LogP contribution is -2.44. The topological polar surface area (TPSA) is 162 Å². The molecule has 0 bridgehead atoms. The Morgan fingerprint density at radius 1 is 0.921 bits per heavy atom. The number of hydrogen-bond donors (Lipinski definition) is 4. The van der Waals surface area contributed by atoms with Gasteiger partial charge in [-0.25, -0.2) is 34.6 Å². The summed E-state index contributed by atoms with van der Waals surface area (Å²) in [6.45, 7) is 1.78. The van der Waals surface area contributed by atoms with Gasteiger partial charge in [-0.05, 0) is 25.1 Å². The molecule has 2 aromatic rings. The van der Waals surface area contributed by atoms with Crippen molar-refractivity contribution in [1.29, 1.82) is 0 Å². The van der Waals surface area contributed by atoms with Crippen LogP contribution < -0.4 is 26.0 Å². The van der Waals surface area contributed by atoms with Crippen molar-refractivity contribution in [1.82, 2.24) is 24.2 Å². The molecule has 1 aromatic carbocycles. The Balaban J connectivity index is 2.11. The molecule has 4 N–H and O–H groups in total. The third kappa shape index (κ3) is 10.5. The maximum absolute atomic E-state index is 14.3. The first-order chi connectivity index (χ1) is 17.7. The maximum Gasteiger partial charge on any atom is 0.323 e. The number of anilines is 2. The van der Waals surface area contributed by atoms with Gasteiger partial charge in [-0.3, -0.25) is 15.6 Å². The summed E-state index contributed by atoms with van der Waals surface area (Å²) >= 11 is 0. The van der Waals surface area contributed by atoms with Crippen LogP contribution in [-0.4, -0.2) is 95.6 Å². The molecule has 0 fully saturated rings. The van der Waals surface area contributed by atoms with Crippen LogP contribution >= 0.6 is 0 Å². The van der Waals surface area contributed by atoms with Gasteiger partial charge in [0.2, 0.25) is 20.0 Å². The Labute approximate surface area is 222 Å². The van der Waals surface area contributed by atoms with E-state index in [1.54, 1.807) is 19.1 Å². The second-order valence-electron chi connectivity index (χ2n) is 8.67. The quantitative estimate of drug-likeness (QED) is 0.255. The number of carbonyl (C=O) groups is 1. The number of rotatable bonds is 14. The van der Waals surface area contributed by atoms with Gasteiger partial charge in [0.05, 0.1) is 11.9 Å². The fourth-order valence-corrected chi connectivity index (χ4v) is 4.11. The molecule has 0 atom stereocenters. The summed E-state index contributed by atoms with van der Waals surface area (Å²) in [5, 5.41) is 10.6. The Hall–Kier alpha value is -2.89. The van der Waals surface area contributed by atoms with Crippen LogP contribution in [0.2, 0.25) is 0 Å². The molecule has 2 rings (SSSR count). The van der Waals surface area contributed by atoms with Gasteiger partial charge in [0, 0.05) is 64.8 Å². The number of halogens is 1. The number of ether oxygens (including phenoxy) is 1. The number of hydrogen-bond acceptors (Lipinski definition) is 9. The van der Waals surface area contributed by atoms with Gasteiger partial charge in [-0.1, -0.05) is 0 Å². The van der Waals surface area contributed by atoms with E-state index in [-0.39, 0.29) is 36.3 Å². The Kier molecular flexibility index (Phi) is 11.4. The van der Waals surface area contributed by atoms with E-state index in [9.17, 15) is 26.0 Å². The molecule has 2 amide bonds. The number of sulfonamides is 2. The van der Waals surface area contributed by atoms with Crippen molar-refractivity contribution in [3.05, 3.63) is 48.0 Å². The average Bonchev–Trinajstić information content (AvgIpc) is 2.79. The molecule has 0 saturated carbocycles. The summed E-state index contributed by atoms with van der Waals surface area (Å²) < 4.78 is 70.5. The van der Waals surface area contributed by atoms with Crippen LogP contribution in [0.3, 0.4) is 0 Å². The lowest BCUT2D eigenvalue weighted by Gasteiger charge is -2.22. The Bertz CT molecular complexity index is 1250. The molecular weight excluding hydrogens is 541 g/mol. The minimum Gasteiger partial charge on any atom is -0.488 e. The minimum absolute atomic E-state index is 0.0116. The van der Waals surface area contributed by atoms with E-state index in [4.69, 9.17) is 4.74 Å². The third-order valence-corrected chi connectivity index (χ3v) is 8.39. The molecule has 0 aliphatic carbocycles. The number of pyridine rings is 1. The van der Waals surface area contributed by atoms with E-state index in [2.05, 4.69) is 26.3 Å². The van der Waals surface area contributed by atoms with Crippen molar-refractivity contribution in [2.75, 3.05) is 63.7 Å². The zero-order valence-corrected chi connectivity index (χ0v) is 23.5. The number of carbonyl (C=O) groups excluding carboxylic acids is 1. The number of aromatic nitrogens is 1. The van der Waals surface area contributed by atoms with E-state index in [1.165, 1.54) is 40.5 Å². The van der Waals surface area contributed by atoms with E-state index in [0.29, 0.717) is 5.69 Å². The minimum atomic E-state index is -3.55. The molecule has 0 aliphatic heterocycles. The van der Waals surface area contributed by atoms with Gasteiger partial charge >= 0.3 is 6.03 Å². The highest BCUT2D eigenvalue weighted by atomic mass is 32.2. The third-order valence-electron chi connectivity index (χ3n) is 5.03. The van der Waals surface area contributed by atoms with Gasteiger partial charge in [0.15, 0.2) is 0 Å². The average molecular weight is 576 g/mol. The molecule has 16 heteroatoms. The number of aryl methyl sites for hydroxylation is 1. The monoisotopic (exact) mass is 575 g/mol. The summed E-state index contributed by atoms with van der Waals surface area (Å²) in [5.41, 5.74) is 1.32. The van der Waals surface area contributed by atoms with Crippen LogP contribution in [0.15, 0.2) is 36.5 Å². The lowest BCUT2D eigenvalue weighted by molar-refractivity contribution is 0.197. The predicted octanol–water partition coefficient (Wildman–Crippen LogP) is 0.798. The summed E-state index contributed by atoms with van der Waals surface area (Å²) in [6.07, 6.45) is 0.680. The van der Waals surface area contributed by atoms with Crippen molar-refractivity contribution < 1.29 is 30.8 Å². The van der Waals surface area contributed by atoms with E-state index < -0.39 is 38.0 Å². The lowest BCUT2D eigenvalue weighted by atomic mass is 10.2. The van der Waals surface area contributed by atoms with Gasteiger partial charge in [0.25, 0.3) is 0 Å². The van der Waals surface area contributed by atoms with Crippen molar-refractivity contribution in [2.24, 2.45) is 0 Å². The number of benzene rings is 1. The number of nitrogens with zero attached hydrogens (tertiary/aromatic N) is 3. The van der Waals surface area contributed by atoms with Crippen molar-refractivity contribution in [2.45, 2.75) is 13.0 Å². The Morgan fingerprint density at radius 2 is 1.47 bits per heavy atom. The zero-order chi connectivity index (χ0) is 28.5. The molecule has 38 heavy (non-hydrogen) atoms. The van der Waals surface area contributed by atoms with Gasteiger partial charge in [0.1, 0.15) is 29.4 Å². The number of amides is 2. The summed E-state index contributed by atoms with van der Waals surface area (Å²) in [6, 6.07) is 6.33. The summed E-state index contributed by atoms with van der Waals surface area (Å²) in [4.78, 5) is 16.4. The predicted molar refractivity (Wildman–Crippen MR) is 143 cm³/mol. The first-order valence-corrected chi connectivity index (χ1v) is 14.6. The normalized spacial score (nSPS) is 12.2. The number of urea groups is 1. The molecule has 1 heterocycles. The first kappa shape index (κ1) is 31.3. The molecule has 0 spiro atoms. The molecule has 0 radical (unpaired) electrons.